The molecule has 1 aliphatic heterocycles. The summed E-state index contributed by atoms with van der Waals surface area (Å²) < 4.78 is 21.6. The SMILES string of the molecule is COc1cccc(-c2noc(CNC(=O)[C@@H]3COc4ccccc4O3)n2)c1. The van der Waals surface area contributed by atoms with E-state index in [1.54, 1.807) is 25.3 Å². The van der Waals surface area contributed by atoms with E-state index < -0.39 is 6.10 Å². The molecular formula is C19H17N3O5. The number of para-hydroxylation sites is 2. The summed E-state index contributed by atoms with van der Waals surface area (Å²) in [4.78, 5) is 16.6. The van der Waals surface area contributed by atoms with Crippen LogP contribution in [0.1, 0.15) is 5.89 Å². The van der Waals surface area contributed by atoms with Gasteiger partial charge in [0.2, 0.25) is 17.8 Å². The number of fused-ring (bicyclic) bond motifs is 1. The summed E-state index contributed by atoms with van der Waals surface area (Å²) in [6.45, 7) is 0.235. The Morgan fingerprint density at radius 1 is 1.22 bits per heavy atom. The summed E-state index contributed by atoms with van der Waals surface area (Å²) in [6, 6.07) is 14.5. The van der Waals surface area contributed by atoms with E-state index in [4.69, 9.17) is 18.7 Å². The van der Waals surface area contributed by atoms with Crippen molar-refractivity contribution in [3.63, 3.8) is 0 Å². The van der Waals surface area contributed by atoms with Gasteiger partial charge in [0, 0.05) is 5.56 Å². The fourth-order valence-electron chi connectivity index (χ4n) is 2.63. The third kappa shape index (κ3) is 3.69. The lowest BCUT2D eigenvalue weighted by molar-refractivity contribution is -0.130. The quantitative estimate of drug-likeness (QED) is 0.738. The molecule has 1 amide bonds. The van der Waals surface area contributed by atoms with Gasteiger partial charge in [0.1, 0.15) is 12.4 Å². The molecule has 1 atom stereocenters. The molecule has 0 aliphatic carbocycles. The summed E-state index contributed by atoms with van der Waals surface area (Å²) in [5.74, 6) is 2.26. The Kier molecular flexibility index (Phi) is 4.61. The van der Waals surface area contributed by atoms with Gasteiger partial charge in [0.25, 0.3) is 5.91 Å². The maximum atomic E-state index is 12.3. The molecule has 3 aromatic rings. The van der Waals surface area contributed by atoms with Gasteiger partial charge in [-0.2, -0.15) is 4.98 Å². The molecule has 138 valence electrons. The third-order valence-corrected chi connectivity index (χ3v) is 4.01. The summed E-state index contributed by atoms with van der Waals surface area (Å²) in [6.07, 6.45) is -0.735. The van der Waals surface area contributed by atoms with Crippen molar-refractivity contribution in [3.05, 3.63) is 54.4 Å². The molecule has 0 bridgehead atoms. The van der Waals surface area contributed by atoms with Gasteiger partial charge in [0.05, 0.1) is 13.7 Å². The maximum absolute atomic E-state index is 12.3. The number of carbonyl (C=O) groups is 1. The monoisotopic (exact) mass is 367 g/mol. The smallest absolute Gasteiger partial charge is 0.265 e. The van der Waals surface area contributed by atoms with E-state index >= 15 is 0 Å². The molecule has 0 radical (unpaired) electrons. The number of amides is 1. The minimum atomic E-state index is -0.735. The number of carbonyl (C=O) groups excluding carboxylic acids is 1. The van der Waals surface area contributed by atoms with Crippen LogP contribution in [0.2, 0.25) is 0 Å². The van der Waals surface area contributed by atoms with Crippen LogP contribution in [-0.4, -0.2) is 35.9 Å². The topological polar surface area (TPSA) is 95.7 Å². The van der Waals surface area contributed by atoms with E-state index in [0.29, 0.717) is 29.0 Å². The second-order valence-corrected chi connectivity index (χ2v) is 5.83. The van der Waals surface area contributed by atoms with Crippen LogP contribution < -0.4 is 19.5 Å². The Labute approximate surface area is 155 Å². The Bertz CT molecular complexity index is 956. The predicted octanol–water partition coefficient (Wildman–Crippen LogP) is 2.20. The first-order chi connectivity index (χ1) is 13.2. The zero-order chi connectivity index (χ0) is 18.6. The standard InChI is InChI=1S/C19H17N3O5/c1-24-13-6-4-5-12(9-13)18-21-17(27-22-18)10-20-19(23)16-11-25-14-7-2-3-8-15(14)26-16/h2-9,16H,10-11H2,1H3,(H,20,23)/t16-/m0/s1. The van der Waals surface area contributed by atoms with E-state index in [-0.39, 0.29) is 19.1 Å². The normalized spacial score (nSPS) is 15.2. The number of nitrogens with zero attached hydrogens (tertiary/aromatic N) is 2. The van der Waals surface area contributed by atoms with Crippen molar-refractivity contribution in [1.29, 1.82) is 0 Å². The van der Waals surface area contributed by atoms with E-state index in [1.165, 1.54) is 0 Å². The number of ether oxygens (including phenoxy) is 3. The van der Waals surface area contributed by atoms with Crippen molar-refractivity contribution in [2.75, 3.05) is 13.7 Å². The average molecular weight is 367 g/mol. The van der Waals surface area contributed by atoms with Crippen molar-refractivity contribution < 1.29 is 23.5 Å². The Morgan fingerprint density at radius 3 is 2.93 bits per heavy atom. The lowest BCUT2D eigenvalue weighted by Gasteiger charge is -2.25. The van der Waals surface area contributed by atoms with Crippen molar-refractivity contribution in [2.45, 2.75) is 12.6 Å². The molecule has 0 spiro atoms. The molecule has 0 unspecified atom stereocenters. The molecule has 4 rings (SSSR count). The molecule has 8 nitrogen and oxygen atoms in total. The van der Waals surface area contributed by atoms with Gasteiger partial charge in [-0.15, -0.1) is 0 Å². The first-order valence-electron chi connectivity index (χ1n) is 8.36. The van der Waals surface area contributed by atoms with Gasteiger partial charge < -0.3 is 24.1 Å². The molecule has 2 heterocycles. The Morgan fingerprint density at radius 2 is 2.07 bits per heavy atom. The minimum absolute atomic E-state index is 0.0946. The fraction of sp³-hybridized carbons (Fsp3) is 0.211. The van der Waals surface area contributed by atoms with Gasteiger partial charge in [-0.05, 0) is 24.3 Å². The van der Waals surface area contributed by atoms with E-state index in [0.717, 1.165) is 5.56 Å². The largest absolute Gasteiger partial charge is 0.497 e. The minimum Gasteiger partial charge on any atom is -0.497 e. The number of methoxy groups -OCH3 is 1. The van der Waals surface area contributed by atoms with Crippen molar-refractivity contribution >= 4 is 5.91 Å². The maximum Gasteiger partial charge on any atom is 0.265 e. The number of aromatic nitrogens is 2. The number of benzene rings is 2. The third-order valence-electron chi connectivity index (χ3n) is 4.01. The zero-order valence-corrected chi connectivity index (χ0v) is 14.5. The lowest BCUT2D eigenvalue weighted by Crippen LogP contribution is -2.43. The van der Waals surface area contributed by atoms with Gasteiger partial charge in [-0.3, -0.25) is 4.79 Å². The van der Waals surface area contributed by atoms with Gasteiger partial charge in [-0.1, -0.05) is 29.4 Å². The lowest BCUT2D eigenvalue weighted by atomic mass is 10.2. The predicted molar refractivity (Wildman–Crippen MR) is 94.5 cm³/mol. The molecule has 0 saturated carbocycles. The highest BCUT2D eigenvalue weighted by Crippen LogP contribution is 2.30. The highest BCUT2D eigenvalue weighted by Gasteiger charge is 2.27. The van der Waals surface area contributed by atoms with Crippen LogP contribution in [0.3, 0.4) is 0 Å². The van der Waals surface area contributed by atoms with Gasteiger partial charge >= 0.3 is 0 Å². The number of hydrogen-bond acceptors (Lipinski definition) is 7. The van der Waals surface area contributed by atoms with E-state index in [9.17, 15) is 4.79 Å². The van der Waals surface area contributed by atoms with E-state index in [2.05, 4.69) is 15.5 Å². The van der Waals surface area contributed by atoms with Gasteiger partial charge in [-0.25, -0.2) is 0 Å². The van der Waals surface area contributed by atoms with Crippen LogP contribution in [0.25, 0.3) is 11.4 Å². The average Bonchev–Trinajstić information content (AvgIpc) is 3.21. The van der Waals surface area contributed by atoms with Crippen LogP contribution in [0.4, 0.5) is 0 Å². The number of hydrogen-bond donors (Lipinski definition) is 1. The fourth-order valence-corrected chi connectivity index (χ4v) is 2.63. The van der Waals surface area contributed by atoms with Crippen molar-refractivity contribution in [2.24, 2.45) is 0 Å². The van der Waals surface area contributed by atoms with Gasteiger partial charge in [0.15, 0.2) is 11.5 Å². The molecule has 1 N–H and O–H groups in total. The molecule has 8 heteroatoms. The van der Waals surface area contributed by atoms with Crippen LogP contribution in [0.15, 0.2) is 53.1 Å². The van der Waals surface area contributed by atoms with Crippen LogP contribution in [-0.2, 0) is 11.3 Å². The van der Waals surface area contributed by atoms with Crippen molar-refractivity contribution in [3.8, 4) is 28.6 Å². The summed E-state index contributed by atoms with van der Waals surface area (Å²) >= 11 is 0. The first-order valence-corrected chi connectivity index (χ1v) is 8.36. The van der Waals surface area contributed by atoms with Crippen LogP contribution in [0, 0.1) is 0 Å². The molecule has 27 heavy (non-hydrogen) atoms. The summed E-state index contributed by atoms with van der Waals surface area (Å²) in [5, 5.41) is 6.66. The second-order valence-electron chi connectivity index (χ2n) is 5.83. The Balaban J connectivity index is 1.37. The molecule has 0 fully saturated rings. The molecular weight excluding hydrogens is 350 g/mol. The van der Waals surface area contributed by atoms with Crippen LogP contribution >= 0.6 is 0 Å². The first kappa shape index (κ1) is 16.9. The number of nitrogens with one attached hydrogen (secondary N) is 1. The molecule has 1 aromatic heterocycles. The van der Waals surface area contributed by atoms with Crippen molar-refractivity contribution in [1.82, 2.24) is 15.5 Å². The molecule has 0 saturated heterocycles. The van der Waals surface area contributed by atoms with E-state index in [1.807, 2.05) is 30.3 Å². The summed E-state index contributed by atoms with van der Waals surface area (Å²) in [5.41, 5.74) is 0.760. The highest BCUT2D eigenvalue weighted by atomic mass is 16.6. The highest BCUT2D eigenvalue weighted by molar-refractivity contribution is 5.81. The second kappa shape index (κ2) is 7.36. The van der Waals surface area contributed by atoms with Crippen LogP contribution in [0.5, 0.6) is 17.2 Å². The summed E-state index contributed by atoms with van der Waals surface area (Å²) in [7, 11) is 1.59. The number of rotatable bonds is 5. The Hall–Kier alpha value is -3.55. The molecule has 2 aromatic carbocycles. The zero-order valence-electron chi connectivity index (χ0n) is 14.5. The molecule has 1 aliphatic rings.